The minimum atomic E-state index is -0.337. The molecule has 7 heteroatoms. The van der Waals surface area contributed by atoms with Gasteiger partial charge in [-0.2, -0.15) is 0 Å². The largest absolute Gasteiger partial charge is 0.369 e. The summed E-state index contributed by atoms with van der Waals surface area (Å²) in [5.74, 6) is -0.264. The molecule has 1 saturated heterocycles. The minimum Gasteiger partial charge on any atom is -0.369 e. The van der Waals surface area contributed by atoms with E-state index in [-0.39, 0.29) is 23.2 Å². The van der Waals surface area contributed by atoms with Crippen molar-refractivity contribution in [1.82, 2.24) is 15.2 Å². The lowest BCUT2D eigenvalue weighted by atomic mass is 10.2. The van der Waals surface area contributed by atoms with Gasteiger partial charge >= 0.3 is 0 Å². The Balaban J connectivity index is 1.61. The van der Waals surface area contributed by atoms with Crippen molar-refractivity contribution < 1.29 is 9.59 Å². The third kappa shape index (κ3) is 5.77. The van der Waals surface area contributed by atoms with Crippen molar-refractivity contribution in [3.63, 3.8) is 0 Å². The van der Waals surface area contributed by atoms with Crippen LogP contribution < -0.4 is 15.5 Å². The zero-order valence-corrected chi connectivity index (χ0v) is 17.3. The first kappa shape index (κ1) is 20.8. The fourth-order valence-corrected chi connectivity index (χ4v) is 3.09. The smallest absolute Gasteiger partial charge is 0.274 e. The highest BCUT2D eigenvalue weighted by Gasteiger charge is 2.15. The molecule has 1 aliphatic heterocycles. The normalized spacial score (nSPS) is 14.7. The van der Waals surface area contributed by atoms with E-state index >= 15 is 0 Å². The van der Waals surface area contributed by atoms with Crippen LogP contribution >= 0.6 is 0 Å². The number of nitrogens with zero attached hydrogens (tertiary/aromatic N) is 3. The molecular formula is C22H29N5O2. The second-order valence-electron chi connectivity index (χ2n) is 7.80. The van der Waals surface area contributed by atoms with Crippen LogP contribution in [0.4, 0.5) is 11.4 Å². The standard InChI is InChI=1S/C22H29N5O2/c1-16(2)15-23-21(28)19-5-4-6-20(25-19)22(29)24-17-7-9-18(10-8-17)27-13-11-26(3)12-14-27/h4-10,16H,11-15H2,1-3H3,(H,23,28)(H,24,29). The van der Waals surface area contributed by atoms with Crippen LogP contribution in [0.5, 0.6) is 0 Å². The van der Waals surface area contributed by atoms with Crippen LogP contribution in [0.1, 0.15) is 34.8 Å². The van der Waals surface area contributed by atoms with E-state index in [1.54, 1.807) is 18.2 Å². The average molecular weight is 396 g/mol. The van der Waals surface area contributed by atoms with E-state index in [9.17, 15) is 9.59 Å². The minimum absolute atomic E-state index is 0.213. The number of likely N-dealkylation sites (N-methyl/N-ethyl adjacent to an activating group) is 1. The summed E-state index contributed by atoms with van der Waals surface area (Å²) in [4.78, 5) is 33.6. The van der Waals surface area contributed by atoms with Crippen molar-refractivity contribution >= 4 is 23.2 Å². The van der Waals surface area contributed by atoms with Crippen molar-refractivity contribution in [3.8, 4) is 0 Å². The molecule has 0 saturated carbocycles. The molecule has 2 heterocycles. The highest BCUT2D eigenvalue weighted by atomic mass is 16.2. The highest BCUT2D eigenvalue weighted by Crippen LogP contribution is 2.19. The number of rotatable bonds is 6. The molecule has 2 N–H and O–H groups in total. The zero-order chi connectivity index (χ0) is 20.8. The summed E-state index contributed by atoms with van der Waals surface area (Å²) in [6.45, 7) is 8.70. The fourth-order valence-electron chi connectivity index (χ4n) is 3.09. The van der Waals surface area contributed by atoms with E-state index in [0.29, 0.717) is 18.2 Å². The molecule has 1 aromatic carbocycles. The van der Waals surface area contributed by atoms with Crippen molar-refractivity contribution in [3.05, 3.63) is 53.9 Å². The summed E-state index contributed by atoms with van der Waals surface area (Å²) in [6, 6.07) is 12.7. The summed E-state index contributed by atoms with van der Waals surface area (Å²) >= 11 is 0. The van der Waals surface area contributed by atoms with E-state index in [0.717, 1.165) is 31.9 Å². The number of nitrogens with one attached hydrogen (secondary N) is 2. The molecule has 2 aromatic rings. The number of pyridine rings is 1. The van der Waals surface area contributed by atoms with Gasteiger partial charge in [0.25, 0.3) is 11.8 Å². The number of hydrogen-bond acceptors (Lipinski definition) is 5. The Hall–Kier alpha value is -2.93. The van der Waals surface area contributed by atoms with Gasteiger partial charge in [-0.3, -0.25) is 9.59 Å². The van der Waals surface area contributed by atoms with Gasteiger partial charge in [0, 0.05) is 44.1 Å². The van der Waals surface area contributed by atoms with Gasteiger partial charge in [0.05, 0.1) is 0 Å². The molecule has 0 aliphatic carbocycles. The maximum absolute atomic E-state index is 12.6. The maximum atomic E-state index is 12.6. The first-order chi connectivity index (χ1) is 13.9. The van der Waals surface area contributed by atoms with Gasteiger partial charge in [0.15, 0.2) is 0 Å². The first-order valence-electron chi connectivity index (χ1n) is 10.0. The van der Waals surface area contributed by atoms with Crippen molar-refractivity contribution in [1.29, 1.82) is 0 Å². The van der Waals surface area contributed by atoms with Gasteiger partial charge in [-0.15, -0.1) is 0 Å². The Morgan fingerprint density at radius 2 is 1.59 bits per heavy atom. The zero-order valence-electron chi connectivity index (χ0n) is 17.3. The molecule has 0 radical (unpaired) electrons. The van der Waals surface area contributed by atoms with Crippen molar-refractivity contribution in [2.45, 2.75) is 13.8 Å². The number of carbonyl (C=O) groups is 2. The maximum Gasteiger partial charge on any atom is 0.274 e. The Bertz CT molecular complexity index is 843. The summed E-state index contributed by atoms with van der Waals surface area (Å²) in [5, 5.41) is 5.67. The highest BCUT2D eigenvalue weighted by molar-refractivity contribution is 6.03. The lowest BCUT2D eigenvalue weighted by Gasteiger charge is -2.34. The Kier molecular flexibility index (Phi) is 6.82. The van der Waals surface area contributed by atoms with E-state index in [1.165, 1.54) is 0 Å². The molecule has 0 spiro atoms. The van der Waals surface area contributed by atoms with E-state index in [1.807, 2.05) is 38.1 Å². The predicted octanol–water partition coefficient (Wildman–Crippen LogP) is 2.47. The number of amides is 2. The number of benzene rings is 1. The van der Waals surface area contributed by atoms with Gasteiger partial charge in [0.1, 0.15) is 11.4 Å². The van der Waals surface area contributed by atoms with Gasteiger partial charge in [-0.1, -0.05) is 19.9 Å². The quantitative estimate of drug-likeness (QED) is 0.786. The molecule has 2 amide bonds. The Morgan fingerprint density at radius 1 is 0.966 bits per heavy atom. The van der Waals surface area contributed by atoms with E-state index in [4.69, 9.17) is 0 Å². The van der Waals surface area contributed by atoms with Crippen LogP contribution in [-0.2, 0) is 0 Å². The molecule has 1 fully saturated rings. The van der Waals surface area contributed by atoms with Crippen molar-refractivity contribution in [2.24, 2.45) is 5.92 Å². The Labute approximate surface area is 172 Å². The molecule has 1 aromatic heterocycles. The molecule has 3 rings (SSSR count). The van der Waals surface area contributed by atoms with Crippen LogP contribution in [0, 0.1) is 5.92 Å². The lowest BCUT2D eigenvalue weighted by molar-refractivity contribution is 0.0944. The van der Waals surface area contributed by atoms with Crippen LogP contribution in [0.3, 0.4) is 0 Å². The lowest BCUT2D eigenvalue weighted by Crippen LogP contribution is -2.44. The predicted molar refractivity (Wildman–Crippen MR) is 116 cm³/mol. The van der Waals surface area contributed by atoms with Crippen molar-refractivity contribution in [2.75, 3.05) is 50.0 Å². The second kappa shape index (κ2) is 9.52. The number of carbonyl (C=O) groups excluding carboxylic acids is 2. The fraction of sp³-hybridized carbons (Fsp3) is 0.409. The molecular weight excluding hydrogens is 366 g/mol. The number of piperazine rings is 1. The topological polar surface area (TPSA) is 77.6 Å². The van der Waals surface area contributed by atoms with Crippen LogP contribution in [0.15, 0.2) is 42.5 Å². The molecule has 7 nitrogen and oxygen atoms in total. The molecule has 0 bridgehead atoms. The molecule has 1 aliphatic rings. The number of aromatic nitrogens is 1. The number of anilines is 2. The summed E-state index contributed by atoms with van der Waals surface area (Å²) in [7, 11) is 2.13. The second-order valence-corrected chi connectivity index (χ2v) is 7.80. The molecule has 154 valence electrons. The molecule has 0 atom stereocenters. The first-order valence-corrected chi connectivity index (χ1v) is 10.0. The summed E-state index contributed by atoms with van der Waals surface area (Å²) in [5.41, 5.74) is 2.30. The van der Waals surface area contributed by atoms with Gasteiger partial charge in [0.2, 0.25) is 0 Å². The van der Waals surface area contributed by atoms with Gasteiger partial charge in [-0.05, 0) is 49.4 Å². The average Bonchev–Trinajstić information content (AvgIpc) is 2.73. The van der Waals surface area contributed by atoms with E-state index < -0.39 is 0 Å². The molecule has 29 heavy (non-hydrogen) atoms. The van der Waals surface area contributed by atoms with E-state index in [2.05, 4.69) is 32.5 Å². The monoisotopic (exact) mass is 395 g/mol. The summed E-state index contributed by atoms with van der Waals surface area (Å²) < 4.78 is 0. The summed E-state index contributed by atoms with van der Waals surface area (Å²) in [6.07, 6.45) is 0. The van der Waals surface area contributed by atoms with Crippen LogP contribution in [-0.4, -0.2) is 61.5 Å². The van der Waals surface area contributed by atoms with Crippen LogP contribution in [0.2, 0.25) is 0 Å². The van der Waals surface area contributed by atoms with Gasteiger partial charge < -0.3 is 20.4 Å². The van der Waals surface area contributed by atoms with Gasteiger partial charge in [-0.25, -0.2) is 4.98 Å². The third-order valence-electron chi connectivity index (χ3n) is 4.88. The number of hydrogen-bond donors (Lipinski definition) is 2. The molecule has 0 unspecified atom stereocenters. The third-order valence-corrected chi connectivity index (χ3v) is 4.88. The van der Waals surface area contributed by atoms with Crippen LogP contribution in [0.25, 0.3) is 0 Å². The SMILES string of the molecule is CC(C)CNC(=O)c1cccc(C(=O)Nc2ccc(N3CCN(C)CC3)cc2)n1. The Morgan fingerprint density at radius 3 is 2.21 bits per heavy atom.